The highest BCUT2D eigenvalue weighted by molar-refractivity contribution is 7.22. The second-order valence-corrected chi connectivity index (χ2v) is 9.29. The molecule has 1 amide bonds. The summed E-state index contributed by atoms with van der Waals surface area (Å²) in [6.07, 6.45) is 3.81. The number of carbonyl (C=O) groups excluding carboxylic acids is 1. The van der Waals surface area contributed by atoms with Crippen LogP contribution in [0.2, 0.25) is 0 Å². The van der Waals surface area contributed by atoms with Gasteiger partial charge in [-0.1, -0.05) is 23.5 Å². The summed E-state index contributed by atoms with van der Waals surface area (Å²) in [6.45, 7) is 2.66. The number of hydrogen-bond donors (Lipinski definition) is 2. The highest BCUT2D eigenvalue weighted by Crippen LogP contribution is 2.34. The Hall–Kier alpha value is -3.56. The normalized spacial score (nSPS) is 15.3. The lowest BCUT2D eigenvalue weighted by Gasteiger charge is -2.32. The van der Waals surface area contributed by atoms with E-state index in [1.165, 1.54) is 6.92 Å². The van der Waals surface area contributed by atoms with Gasteiger partial charge in [-0.2, -0.15) is 0 Å². The fraction of sp³-hybridized carbons (Fsp3) is 0.280. The van der Waals surface area contributed by atoms with E-state index >= 15 is 0 Å². The van der Waals surface area contributed by atoms with Gasteiger partial charge < -0.3 is 20.1 Å². The molecule has 8 nitrogen and oxygen atoms in total. The highest BCUT2D eigenvalue weighted by atomic mass is 32.1. The molecule has 2 N–H and O–H groups in total. The van der Waals surface area contributed by atoms with Crippen LogP contribution in [0.1, 0.15) is 31.4 Å². The van der Waals surface area contributed by atoms with E-state index in [9.17, 15) is 9.90 Å². The number of fused-ring (bicyclic) bond motifs is 1. The van der Waals surface area contributed by atoms with Crippen molar-refractivity contribution in [3.8, 4) is 11.6 Å². The summed E-state index contributed by atoms with van der Waals surface area (Å²) in [5, 5.41) is 13.7. The van der Waals surface area contributed by atoms with Crippen LogP contribution in [0.4, 0.5) is 10.8 Å². The molecule has 0 saturated carbocycles. The first kappa shape index (κ1) is 22.2. The molecule has 0 bridgehead atoms. The molecule has 4 aromatic rings. The molecule has 0 aliphatic carbocycles. The van der Waals surface area contributed by atoms with Gasteiger partial charge in [0.1, 0.15) is 17.5 Å². The maximum Gasteiger partial charge on any atom is 0.251 e. The van der Waals surface area contributed by atoms with Gasteiger partial charge in [-0.15, -0.1) is 0 Å². The van der Waals surface area contributed by atoms with Gasteiger partial charge in [0.25, 0.3) is 5.91 Å². The molecule has 1 saturated heterocycles. The first-order valence-electron chi connectivity index (χ1n) is 11.2. The number of likely N-dealkylation sites (tertiary alicyclic amines) is 1. The van der Waals surface area contributed by atoms with Gasteiger partial charge in [0, 0.05) is 37.1 Å². The number of ether oxygens (including phenoxy) is 1. The van der Waals surface area contributed by atoms with E-state index in [0.717, 1.165) is 39.6 Å². The van der Waals surface area contributed by atoms with Gasteiger partial charge in [-0.05, 0) is 56.2 Å². The molecule has 9 heteroatoms. The Morgan fingerprint density at radius 3 is 2.59 bits per heavy atom. The quantitative estimate of drug-likeness (QED) is 0.417. The predicted octanol–water partition coefficient (Wildman–Crippen LogP) is 4.71. The van der Waals surface area contributed by atoms with Gasteiger partial charge in [0.05, 0.1) is 10.2 Å². The minimum absolute atomic E-state index is 0.140. The van der Waals surface area contributed by atoms with Gasteiger partial charge in [0.2, 0.25) is 5.88 Å². The maximum atomic E-state index is 12.1. The molecule has 0 radical (unpaired) electrons. The number of nitrogens with zero attached hydrogens (tertiary/aromatic N) is 4. The Morgan fingerprint density at radius 2 is 1.85 bits per heavy atom. The average Bonchev–Trinajstić information content (AvgIpc) is 3.27. The second kappa shape index (κ2) is 9.74. The van der Waals surface area contributed by atoms with Crippen LogP contribution in [-0.2, 0) is 4.79 Å². The molecule has 1 atom stereocenters. The molecule has 0 unspecified atom stereocenters. The van der Waals surface area contributed by atoms with Crippen LogP contribution in [0.25, 0.3) is 10.2 Å². The molecular weight excluding hydrogens is 450 g/mol. The zero-order chi connectivity index (χ0) is 23.5. The summed E-state index contributed by atoms with van der Waals surface area (Å²) in [4.78, 5) is 27.3. The number of aliphatic hydroxyl groups is 1. The number of amides is 1. The first-order chi connectivity index (χ1) is 16.6. The number of aliphatic hydroxyl groups excluding tert-OH is 1. The summed E-state index contributed by atoms with van der Waals surface area (Å²) in [7, 11) is 0. The number of hydrogen-bond acceptors (Lipinski definition) is 8. The number of aromatic nitrogens is 3. The van der Waals surface area contributed by atoms with Crippen molar-refractivity contribution in [2.24, 2.45) is 0 Å². The number of benzene rings is 2. The topological polar surface area (TPSA) is 100 Å². The number of carbonyl (C=O) groups is 1. The monoisotopic (exact) mass is 475 g/mol. The number of nitrogens with one attached hydrogen (secondary N) is 1. The standard InChI is InChI=1S/C25H25N5O3S/c1-16(31)24(32)30-14-10-17(11-15-30)22-23(27-13-12-26-22)33-19-8-6-18(7-9-19)28-25-29-20-4-2-3-5-21(20)34-25/h2-9,12-13,16-17,31H,10-11,14-15H2,1H3,(H,28,29)/t16-/m0/s1. The summed E-state index contributed by atoms with van der Waals surface area (Å²) in [6, 6.07) is 15.7. The van der Waals surface area contributed by atoms with E-state index in [1.54, 1.807) is 28.6 Å². The second-order valence-electron chi connectivity index (χ2n) is 8.26. The van der Waals surface area contributed by atoms with Crippen LogP contribution in [0.5, 0.6) is 11.6 Å². The molecule has 1 aliphatic rings. The molecule has 1 fully saturated rings. The lowest BCUT2D eigenvalue weighted by molar-refractivity contribution is -0.140. The smallest absolute Gasteiger partial charge is 0.251 e. The van der Waals surface area contributed by atoms with Gasteiger partial charge in [-0.25, -0.2) is 9.97 Å². The zero-order valence-corrected chi connectivity index (χ0v) is 19.5. The molecule has 174 valence electrons. The van der Waals surface area contributed by atoms with Crippen molar-refractivity contribution in [3.05, 3.63) is 66.6 Å². The SMILES string of the molecule is C[C@H](O)C(=O)N1CCC(c2nccnc2Oc2ccc(Nc3nc4ccccc4s3)cc2)CC1. The van der Waals surface area contributed by atoms with Crippen molar-refractivity contribution >= 4 is 38.3 Å². The van der Waals surface area contributed by atoms with Crippen molar-refractivity contribution in [2.75, 3.05) is 18.4 Å². The first-order valence-corrected chi connectivity index (χ1v) is 12.1. The van der Waals surface area contributed by atoms with Crippen LogP contribution >= 0.6 is 11.3 Å². The van der Waals surface area contributed by atoms with Crippen molar-refractivity contribution in [1.82, 2.24) is 19.9 Å². The van der Waals surface area contributed by atoms with E-state index in [1.807, 2.05) is 42.5 Å². The van der Waals surface area contributed by atoms with Crippen molar-refractivity contribution in [1.29, 1.82) is 0 Å². The lowest BCUT2D eigenvalue weighted by Crippen LogP contribution is -2.42. The Kier molecular flexibility index (Phi) is 6.37. The third kappa shape index (κ3) is 4.85. The Bertz CT molecular complexity index is 1250. The molecule has 5 rings (SSSR count). The van der Waals surface area contributed by atoms with Crippen LogP contribution < -0.4 is 10.1 Å². The van der Waals surface area contributed by atoms with Crippen LogP contribution in [0.15, 0.2) is 60.9 Å². The Balaban J connectivity index is 1.25. The molecule has 1 aliphatic heterocycles. The number of piperidine rings is 1. The minimum atomic E-state index is -0.973. The predicted molar refractivity (Wildman–Crippen MR) is 132 cm³/mol. The Morgan fingerprint density at radius 1 is 1.12 bits per heavy atom. The third-order valence-corrected chi connectivity index (χ3v) is 6.81. The van der Waals surface area contributed by atoms with Gasteiger partial charge >= 0.3 is 0 Å². The van der Waals surface area contributed by atoms with Crippen molar-refractivity contribution < 1.29 is 14.6 Å². The highest BCUT2D eigenvalue weighted by Gasteiger charge is 2.28. The number of rotatable bonds is 6. The number of para-hydroxylation sites is 1. The van der Waals surface area contributed by atoms with E-state index in [2.05, 4.69) is 26.3 Å². The van der Waals surface area contributed by atoms with E-state index in [-0.39, 0.29) is 11.8 Å². The minimum Gasteiger partial charge on any atom is -0.437 e. The molecule has 2 aromatic carbocycles. The summed E-state index contributed by atoms with van der Waals surface area (Å²) in [5.74, 6) is 1.06. The number of anilines is 2. The van der Waals surface area contributed by atoms with Crippen LogP contribution in [0.3, 0.4) is 0 Å². The molecule has 3 heterocycles. The van der Waals surface area contributed by atoms with Crippen LogP contribution in [0, 0.1) is 0 Å². The third-order valence-electron chi connectivity index (χ3n) is 5.86. The fourth-order valence-electron chi connectivity index (χ4n) is 4.10. The van der Waals surface area contributed by atoms with E-state index in [4.69, 9.17) is 4.74 Å². The maximum absolute atomic E-state index is 12.1. The number of thiazole rings is 1. The van der Waals surface area contributed by atoms with Crippen molar-refractivity contribution in [3.63, 3.8) is 0 Å². The largest absolute Gasteiger partial charge is 0.437 e. The van der Waals surface area contributed by atoms with Gasteiger partial charge in [-0.3, -0.25) is 9.78 Å². The molecule has 34 heavy (non-hydrogen) atoms. The Labute approximate surface area is 201 Å². The molecular formula is C25H25N5O3S. The average molecular weight is 476 g/mol. The zero-order valence-electron chi connectivity index (χ0n) is 18.7. The lowest BCUT2D eigenvalue weighted by atomic mass is 9.93. The van der Waals surface area contributed by atoms with Crippen LogP contribution in [-0.4, -0.2) is 50.1 Å². The summed E-state index contributed by atoms with van der Waals surface area (Å²) < 4.78 is 7.23. The van der Waals surface area contributed by atoms with Crippen molar-refractivity contribution in [2.45, 2.75) is 31.8 Å². The van der Waals surface area contributed by atoms with Gasteiger partial charge in [0.15, 0.2) is 5.13 Å². The van der Waals surface area contributed by atoms with E-state index < -0.39 is 6.10 Å². The summed E-state index contributed by atoms with van der Waals surface area (Å²) in [5.41, 5.74) is 2.69. The van der Waals surface area contributed by atoms with E-state index in [0.29, 0.717) is 24.7 Å². The fourth-order valence-corrected chi connectivity index (χ4v) is 4.99. The molecule has 2 aromatic heterocycles. The molecule has 0 spiro atoms. The summed E-state index contributed by atoms with van der Waals surface area (Å²) >= 11 is 1.61.